The molecule has 0 bridgehead atoms. The molecule has 0 atom stereocenters. The molecule has 0 aliphatic rings. The second-order valence-electron chi connectivity index (χ2n) is 5.42. The zero-order chi connectivity index (χ0) is 17.7. The van der Waals surface area contributed by atoms with Gasteiger partial charge in [-0.3, -0.25) is 4.79 Å². The molecule has 0 unspecified atom stereocenters. The van der Waals surface area contributed by atoms with Crippen molar-refractivity contribution in [2.45, 2.75) is 31.2 Å². The molecule has 1 heterocycles. The summed E-state index contributed by atoms with van der Waals surface area (Å²) in [5.41, 5.74) is 6.28. The SMILES string of the molecule is CC(C)NS(=O)(=O)c1ccc(NC(=O)c2csc(CCN)n2)cc1. The fourth-order valence-corrected chi connectivity index (χ4v) is 3.99. The Morgan fingerprint density at radius 1 is 1.29 bits per heavy atom. The van der Waals surface area contributed by atoms with Crippen LogP contribution in [0.4, 0.5) is 5.69 Å². The molecule has 1 aromatic carbocycles. The van der Waals surface area contributed by atoms with Crippen LogP contribution in [0, 0.1) is 0 Å². The molecule has 0 saturated carbocycles. The molecule has 7 nitrogen and oxygen atoms in total. The maximum atomic E-state index is 12.1. The Labute approximate surface area is 145 Å². The first kappa shape index (κ1) is 18.5. The number of anilines is 1. The van der Waals surface area contributed by atoms with Crippen molar-refractivity contribution in [3.63, 3.8) is 0 Å². The van der Waals surface area contributed by atoms with Crippen molar-refractivity contribution in [1.82, 2.24) is 9.71 Å². The van der Waals surface area contributed by atoms with Gasteiger partial charge in [0.25, 0.3) is 5.91 Å². The van der Waals surface area contributed by atoms with Crippen LogP contribution in [0.2, 0.25) is 0 Å². The van der Waals surface area contributed by atoms with Gasteiger partial charge in [0.15, 0.2) is 0 Å². The summed E-state index contributed by atoms with van der Waals surface area (Å²) in [5.74, 6) is -0.342. The number of hydrogen-bond donors (Lipinski definition) is 3. The monoisotopic (exact) mass is 368 g/mol. The normalized spacial score (nSPS) is 11.7. The maximum Gasteiger partial charge on any atom is 0.275 e. The summed E-state index contributed by atoms with van der Waals surface area (Å²) >= 11 is 1.38. The fourth-order valence-electron chi connectivity index (χ4n) is 1.94. The van der Waals surface area contributed by atoms with E-state index in [1.807, 2.05) is 0 Å². The molecule has 0 radical (unpaired) electrons. The van der Waals surface area contributed by atoms with Crippen LogP contribution in [-0.2, 0) is 16.4 Å². The molecular weight excluding hydrogens is 348 g/mol. The molecule has 0 spiro atoms. The van der Waals surface area contributed by atoms with Crippen molar-refractivity contribution >= 4 is 33.0 Å². The highest BCUT2D eigenvalue weighted by atomic mass is 32.2. The maximum absolute atomic E-state index is 12.1. The molecule has 2 rings (SSSR count). The van der Waals surface area contributed by atoms with Gasteiger partial charge in [-0.05, 0) is 44.7 Å². The van der Waals surface area contributed by atoms with Crippen molar-refractivity contribution in [1.29, 1.82) is 0 Å². The first-order valence-electron chi connectivity index (χ1n) is 7.40. The molecule has 0 fully saturated rings. The van der Waals surface area contributed by atoms with Gasteiger partial charge in [-0.15, -0.1) is 11.3 Å². The Hall–Kier alpha value is -1.81. The van der Waals surface area contributed by atoms with Crippen LogP contribution in [0.1, 0.15) is 29.3 Å². The number of nitrogens with one attached hydrogen (secondary N) is 2. The lowest BCUT2D eigenvalue weighted by Gasteiger charge is -2.10. The van der Waals surface area contributed by atoms with E-state index in [0.29, 0.717) is 24.3 Å². The van der Waals surface area contributed by atoms with Gasteiger partial charge in [-0.2, -0.15) is 0 Å². The number of hydrogen-bond acceptors (Lipinski definition) is 6. The van der Waals surface area contributed by atoms with Gasteiger partial charge in [-0.1, -0.05) is 0 Å². The van der Waals surface area contributed by atoms with Gasteiger partial charge < -0.3 is 11.1 Å². The van der Waals surface area contributed by atoms with E-state index in [0.717, 1.165) is 5.01 Å². The van der Waals surface area contributed by atoms with Crippen LogP contribution in [-0.4, -0.2) is 31.9 Å². The van der Waals surface area contributed by atoms with Crippen molar-refractivity contribution in [3.05, 3.63) is 40.3 Å². The Morgan fingerprint density at radius 2 is 1.96 bits per heavy atom. The number of sulfonamides is 1. The van der Waals surface area contributed by atoms with E-state index in [4.69, 9.17) is 5.73 Å². The number of rotatable bonds is 7. The summed E-state index contributed by atoms with van der Waals surface area (Å²) in [7, 11) is -3.55. The van der Waals surface area contributed by atoms with E-state index >= 15 is 0 Å². The molecule has 0 aliphatic heterocycles. The average molecular weight is 368 g/mol. The molecule has 0 saturated heterocycles. The van der Waals surface area contributed by atoms with E-state index in [2.05, 4.69) is 15.0 Å². The van der Waals surface area contributed by atoms with Crippen molar-refractivity contribution in [2.75, 3.05) is 11.9 Å². The standard InChI is InChI=1S/C15H20N4O3S2/c1-10(2)19-24(21,22)12-5-3-11(4-6-12)17-15(20)13-9-23-14(18-13)7-8-16/h3-6,9-10,19H,7-8,16H2,1-2H3,(H,17,20). The number of benzene rings is 1. The van der Waals surface area contributed by atoms with Crippen LogP contribution in [0.15, 0.2) is 34.5 Å². The molecule has 9 heteroatoms. The van der Waals surface area contributed by atoms with E-state index < -0.39 is 10.0 Å². The number of thiazole rings is 1. The van der Waals surface area contributed by atoms with Crippen LogP contribution < -0.4 is 15.8 Å². The largest absolute Gasteiger partial charge is 0.330 e. The number of carbonyl (C=O) groups excluding carboxylic acids is 1. The van der Waals surface area contributed by atoms with E-state index in [1.54, 1.807) is 31.4 Å². The molecular formula is C15H20N4O3S2. The van der Waals surface area contributed by atoms with Gasteiger partial charge >= 0.3 is 0 Å². The summed E-state index contributed by atoms with van der Waals surface area (Å²) in [6, 6.07) is 5.78. The van der Waals surface area contributed by atoms with Crippen molar-refractivity contribution in [2.24, 2.45) is 5.73 Å². The molecule has 130 valence electrons. The number of nitrogens with zero attached hydrogens (tertiary/aromatic N) is 1. The number of nitrogens with two attached hydrogens (primary N) is 1. The average Bonchev–Trinajstić information content (AvgIpc) is 2.96. The lowest BCUT2D eigenvalue weighted by atomic mass is 10.3. The van der Waals surface area contributed by atoms with Gasteiger partial charge in [0.2, 0.25) is 10.0 Å². The van der Waals surface area contributed by atoms with Gasteiger partial charge in [0, 0.05) is 23.5 Å². The summed E-state index contributed by atoms with van der Waals surface area (Å²) in [6.07, 6.45) is 0.632. The minimum Gasteiger partial charge on any atom is -0.330 e. The lowest BCUT2D eigenvalue weighted by Crippen LogP contribution is -2.30. The van der Waals surface area contributed by atoms with E-state index in [-0.39, 0.29) is 16.8 Å². The summed E-state index contributed by atoms with van der Waals surface area (Å²) < 4.78 is 26.6. The Morgan fingerprint density at radius 3 is 2.54 bits per heavy atom. The second-order valence-corrected chi connectivity index (χ2v) is 8.08. The third kappa shape index (κ3) is 4.84. The summed E-state index contributed by atoms with van der Waals surface area (Å²) in [6.45, 7) is 3.98. The van der Waals surface area contributed by atoms with Gasteiger partial charge in [-0.25, -0.2) is 18.1 Å². The highest BCUT2D eigenvalue weighted by Crippen LogP contribution is 2.16. The predicted molar refractivity (Wildman–Crippen MR) is 94.7 cm³/mol. The summed E-state index contributed by atoms with van der Waals surface area (Å²) in [5, 5.41) is 5.17. The Balaban J connectivity index is 2.06. The summed E-state index contributed by atoms with van der Waals surface area (Å²) in [4.78, 5) is 16.5. The number of amides is 1. The third-order valence-electron chi connectivity index (χ3n) is 2.96. The minimum atomic E-state index is -3.55. The smallest absolute Gasteiger partial charge is 0.275 e. The van der Waals surface area contributed by atoms with Crippen molar-refractivity contribution < 1.29 is 13.2 Å². The molecule has 0 aliphatic carbocycles. The highest BCUT2D eigenvalue weighted by molar-refractivity contribution is 7.89. The van der Waals surface area contributed by atoms with Gasteiger partial charge in [0.05, 0.1) is 9.90 Å². The van der Waals surface area contributed by atoms with E-state index in [9.17, 15) is 13.2 Å². The molecule has 4 N–H and O–H groups in total. The van der Waals surface area contributed by atoms with Crippen LogP contribution in [0.25, 0.3) is 0 Å². The lowest BCUT2D eigenvalue weighted by molar-refractivity contribution is 0.102. The van der Waals surface area contributed by atoms with Crippen LogP contribution in [0.3, 0.4) is 0 Å². The molecule has 2 aromatic rings. The first-order chi connectivity index (χ1) is 11.3. The minimum absolute atomic E-state index is 0.146. The van der Waals surface area contributed by atoms with Crippen LogP contribution in [0.5, 0.6) is 0 Å². The molecule has 1 aromatic heterocycles. The predicted octanol–water partition coefficient (Wildman–Crippen LogP) is 1.58. The Bertz CT molecular complexity index is 798. The van der Waals surface area contributed by atoms with Gasteiger partial charge in [0.1, 0.15) is 5.69 Å². The number of aromatic nitrogens is 1. The number of carbonyl (C=O) groups is 1. The third-order valence-corrected chi connectivity index (χ3v) is 5.54. The van der Waals surface area contributed by atoms with Crippen LogP contribution >= 0.6 is 11.3 Å². The zero-order valence-electron chi connectivity index (χ0n) is 13.4. The first-order valence-corrected chi connectivity index (χ1v) is 9.76. The molecule has 1 amide bonds. The Kier molecular flexibility index (Phi) is 6.05. The second kappa shape index (κ2) is 7.84. The van der Waals surface area contributed by atoms with Crippen molar-refractivity contribution in [3.8, 4) is 0 Å². The zero-order valence-corrected chi connectivity index (χ0v) is 15.1. The van der Waals surface area contributed by atoms with E-state index in [1.165, 1.54) is 23.5 Å². The molecule has 24 heavy (non-hydrogen) atoms. The highest BCUT2D eigenvalue weighted by Gasteiger charge is 2.16. The topological polar surface area (TPSA) is 114 Å². The quantitative estimate of drug-likeness (QED) is 0.686. The fraction of sp³-hybridized carbons (Fsp3) is 0.333.